The van der Waals surface area contributed by atoms with Crippen molar-refractivity contribution >= 4 is 5.69 Å². The van der Waals surface area contributed by atoms with E-state index in [-0.39, 0.29) is 11.4 Å². The number of pyridine rings is 1. The number of nitrogens with zero attached hydrogens (tertiary/aromatic N) is 2. The summed E-state index contributed by atoms with van der Waals surface area (Å²) in [5.74, 6) is -0.383. The normalized spacial score (nSPS) is 9.78. The van der Waals surface area contributed by atoms with Crippen LogP contribution in [0.5, 0.6) is 5.88 Å². The Kier molecular flexibility index (Phi) is 3.02. The van der Waals surface area contributed by atoms with Gasteiger partial charge in [0.2, 0.25) is 5.88 Å². The molecule has 0 radical (unpaired) electrons. The molecule has 0 saturated carbocycles. The number of aromatic hydroxyl groups is 1. The Bertz CT molecular complexity index is 669. The quantitative estimate of drug-likeness (QED) is 0.837. The minimum absolute atomic E-state index is 0.0815. The fraction of sp³-hybridized carbons (Fsp3) is 0.0769. The van der Waals surface area contributed by atoms with Gasteiger partial charge in [0.05, 0.1) is 5.69 Å². The van der Waals surface area contributed by atoms with Crippen LogP contribution in [0.25, 0.3) is 0 Å². The average Bonchev–Trinajstić information content (AvgIpc) is 2.36. The summed E-state index contributed by atoms with van der Waals surface area (Å²) in [6.07, 6.45) is 0. The first-order valence-electron chi connectivity index (χ1n) is 5.31. The van der Waals surface area contributed by atoms with Crippen LogP contribution in [0, 0.1) is 18.3 Å². The zero-order chi connectivity index (χ0) is 13.1. The maximum absolute atomic E-state index is 11.8. The van der Waals surface area contributed by atoms with Crippen molar-refractivity contribution in [1.82, 2.24) is 4.68 Å². The third-order valence-corrected chi connectivity index (χ3v) is 2.52. The number of rotatable bonds is 2. The Hall–Kier alpha value is -2.74. The standard InChI is InChI=1S/C13H11N3O2/c1-9-7-12(17)16(13(18)11(9)8-14)15-10-5-3-2-4-6-10/h2-7,15,18H,1H3. The molecule has 18 heavy (non-hydrogen) atoms. The molecule has 2 N–H and O–H groups in total. The second-order valence-electron chi connectivity index (χ2n) is 3.79. The van der Waals surface area contributed by atoms with Gasteiger partial charge in [0, 0.05) is 6.07 Å². The first kappa shape index (κ1) is 11.7. The number of hydrogen-bond acceptors (Lipinski definition) is 4. The Morgan fingerprint density at radius 2 is 2.00 bits per heavy atom. The molecule has 0 bridgehead atoms. The highest BCUT2D eigenvalue weighted by atomic mass is 16.3. The van der Waals surface area contributed by atoms with Crippen LogP contribution in [0.3, 0.4) is 0 Å². The first-order valence-corrected chi connectivity index (χ1v) is 5.31. The number of para-hydroxylation sites is 1. The third kappa shape index (κ3) is 2.04. The zero-order valence-corrected chi connectivity index (χ0v) is 9.71. The van der Waals surface area contributed by atoms with Crippen molar-refractivity contribution in [1.29, 1.82) is 5.26 Å². The van der Waals surface area contributed by atoms with Crippen LogP contribution in [-0.4, -0.2) is 9.78 Å². The van der Waals surface area contributed by atoms with E-state index in [4.69, 9.17) is 5.26 Å². The minimum atomic E-state index is -0.423. The van der Waals surface area contributed by atoms with Gasteiger partial charge in [-0.3, -0.25) is 10.2 Å². The molecule has 0 aliphatic heterocycles. The highest BCUT2D eigenvalue weighted by Gasteiger charge is 2.12. The molecule has 5 heteroatoms. The SMILES string of the molecule is Cc1cc(=O)n(Nc2ccccc2)c(O)c1C#N. The molecule has 2 rings (SSSR count). The molecular weight excluding hydrogens is 230 g/mol. The molecule has 5 nitrogen and oxygen atoms in total. The predicted octanol–water partition coefficient (Wildman–Crippen LogP) is 1.61. The summed E-state index contributed by atoms with van der Waals surface area (Å²) in [6, 6.07) is 12.1. The lowest BCUT2D eigenvalue weighted by molar-refractivity contribution is 0.425. The molecule has 0 aliphatic rings. The fourth-order valence-electron chi connectivity index (χ4n) is 1.60. The molecule has 0 amide bonds. The van der Waals surface area contributed by atoms with Crippen LogP contribution in [0.15, 0.2) is 41.2 Å². The van der Waals surface area contributed by atoms with Gasteiger partial charge in [-0.1, -0.05) is 18.2 Å². The van der Waals surface area contributed by atoms with Gasteiger partial charge in [-0.15, -0.1) is 0 Å². The number of aryl methyl sites for hydroxylation is 1. The summed E-state index contributed by atoms with van der Waals surface area (Å²) >= 11 is 0. The molecule has 1 heterocycles. The van der Waals surface area contributed by atoms with Crippen molar-refractivity contribution in [3.8, 4) is 11.9 Å². The van der Waals surface area contributed by atoms with Crippen molar-refractivity contribution in [2.75, 3.05) is 5.43 Å². The summed E-state index contributed by atoms with van der Waals surface area (Å²) in [5.41, 5.74) is 3.50. The zero-order valence-electron chi connectivity index (χ0n) is 9.71. The van der Waals surface area contributed by atoms with Crippen molar-refractivity contribution in [2.45, 2.75) is 6.92 Å². The maximum Gasteiger partial charge on any atom is 0.272 e. The molecule has 90 valence electrons. The lowest BCUT2D eigenvalue weighted by Gasteiger charge is -2.12. The number of nitrogens with one attached hydrogen (secondary N) is 1. The first-order chi connectivity index (χ1) is 8.63. The second kappa shape index (κ2) is 4.63. The Balaban J connectivity index is 2.53. The Morgan fingerprint density at radius 3 is 2.61 bits per heavy atom. The van der Waals surface area contributed by atoms with E-state index < -0.39 is 5.56 Å². The van der Waals surface area contributed by atoms with Gasteiger partial charge in [0.25, 0.3) is 5.56 Å². The van der Waals surface area contributed by atoms with Crippen molar-refractivity contribution in [2.24, 2.45) is 0 Å². The Labute approximate surface area is 104 Å². The Morgan fingerprint density at radius 1 is 1.33 bits per heavy atom. The van der Waals surface area contributed by atoms with E-state index in [0.29, 0.717) is 11.3 Å². The van der Waals surface area contributed by atoms with Crippen molar-refractivity contribution < 1.29 is 5.11 Å². The van der Waals surface area contributed by atoms with Crippen LogP contribution >= 0.6 is 0 Å². The lowest BCUT2D eigenvalue weighted by atomic mass is 10.2. The van der Waals surface area contributed by atoms with Gasteiger partial charge in [-0.05, 0) is 24.6 Å². The van der Waals surface area contributed by atoms with E-state index in [9.17, 15) is 9.90 Å². The van der Waals surface area contributed by atoms with E-state index in [2.05, 4.69) is 5.43 Å². The lowest BCUT2D eigenvalue weighted by Crippen LogP contribution is -2.26. The van der Waals surface area contributed by atoms with Crippen LogP contribution < -0.4 is 11.0 Å². The third-order valence-electron chi connectivity index (χ3n) is 2.52. The average molecular weight is 241 g/mol. The van der Waals surface area contributed by atoms with Crippen molar-refractivity contribution in [3.63, 3.8) is 0 Å². The summed E-state index contributed by atoms with van der Waals surface area (Å²) < 4.78 is 0.945. The molecule has 0 fully saturated rings. The summed E-state index contributed by atoms with van der Waals surface area (Å²) in [6.45, 7) is 1.60. The van der Waals surface area contributed by atoms with Crippen LogP contribution in [-0.2, 0) is 0 Å². The highest BCUT2D eigenvalue weighted by molar-refractivity contribution is 5.48. The predicted molar refractivity (Wildman–Crippen MR) is 67.3 cm³/mol. The van der Waals surface area contributed by atoms with Gasteiger partial charge >= 0.3 is 0 Å². The van der Waals surface area contributed by atoms with Gasteiger partial charge < -0.3 is 5.11 Å². The summed E-state index contributed by atoms with van der Waals surface area (Å²) in [4.78, 5) is 11.8. The molecule has 1 aromatic heterocycles. The smallest absolute Gasteiger partial charge is 0.272 e. The number of aromatic nitrogens is 1. The monoisotopic (exact) mass is 241 g/mol. The van der Waals surface area contributed by atoms with E-state index >= 15 is 0 Å². The summed E-state index contributed by atoms with van der Waals surface area (Å²) in [7, 11) is 0. The number of anilines is 1. The molecule has 0 aliphatic carbocycles. The summed E-state index contributed by atoms with van der Waals surface area (Å²) in [5, 5.41) is 18.8. The van der Waals surface area contributed by atoms with Gasteiger partial charge in [0.15, 0.2) is 0 Å². The number of benzene rings is 1. The van der Waals surface area contributed by atoms with Crippen LogP contribution in [0.2, 0.25) is 0 Å². The fourth-order valence-corrected chi connectivity index (χ4v) is 1.60. The van der Waals surface area contributed by atoms with Gasteiger partial charge in [0.1, 0.15) is 11.6 Å². The van der Waals surface area contributed by atoms with E-state index in [1.807, 2.05) is 12.1 Å². The van der Waals surface area contributed by atoms with Crippen LogP contribution in [0.1, 0.15) is 11.1 Å². The minimum Gasteiger partial charge on any atom is -0.492 e. The molecule has 0 unspecified atom stereocenters. The van der Waals surface area contributed by atoms with E-state index in [1.165, 1.54) is 6.07 Å². The molecule has 0 spiro atoms. The van der Waals surface area contributed by atoms with E-state index in [0.717, 1.165) is 4.68 Å². The number of hydrogen-bond donors (Lipinski definition) is 2. The maximum atomic E-state index is 11.8. The molecular formula is C13H11N3O2. The van der Waals surface area contributed by atoms with E-state index in [1.54, 1.807) is 31.2 Å². The van der Waals surface area contributed by atoms with Crippen molar-refractivity contribution in [3.05, 3.63) is 57.9 Å². The number of nitriles is 1. The van der Waals surface area contributed by atoms with Crippen LogP contribution in [0.4, 0.5) is 5.69 Å². The van der Waals surface area contributed by atoms with Gasteiger partial charge in [-0.2, -0.15) is 9.94 Å². The largest absolute Gasteiger partial charge is 0.492 e. The van der Waals surface area contributed by atoms with Gasteiger partial charge in [-0.25, -0.2) is 0 Å². The molecule has 0 saturated heterocycles. The topological polar surface area (TPSA) is 78.1 Å². The molecule has 0 atom stereocenters. The molecule has 2 aromatic rings. The highest BCUT2D eigenvalue weighted by Crippen LogP contribution is 2.17. The molecule has 1 aromatic carbocycles. The second-order valence-corrected chi connectivity index (χ2v) is 3.79.